The van der Waals surface area contributed by atoms with E-state index in [2.05, 4.69) is 17.4 Å². The molecule has 0 aromatic heterocycles. The maximum absolute atomic E-state index is 10.8. The van der Waals surface area contributed by atoms with Crippen LogP contribution in [0.15, 0.2) is 48.5 Å². The quantitative estimate of drug-likeness (QED) is 0.483. The second kappa shape index (κ2) is 7.40. The monoisotopic (exact) mass is 286 g/mol. The SMILES string of the molecule is COc1ccc([N+](=O)[O-])cc1CNCCc1ccccc1. The highest BCUT2D eigenvalue weighted by atomic mass is 16.6. The molecule has 0 amide bonds. The molecule has 2 aromatic rings. The van der Waals surface area contributed by atoms with Crippen LogP contribution in [-0.4, -0.2) is 18.6 Å². The number of nitrogens with one attached hydrogen (secondary N) is 1. The standard InChI is InChI=1S/C16H18N2O3/c1-21-16-8-7-15(18(19)20)11-14(16)12-17-10-9-13-5-3-2-4-6-13/h2-8,11,17H,9-10,12H2,1H3. The average molecular weight is 286 g/mol. The van der Waals surface area contributed by atoms with Crippen molar-refractivity contribution in [2.75, 3.05) is 13.7 Å². The summed E-state index contributed by atoms with van der Waals surface area (Å²) >= 11 is 0. The third-order valence-corrected chi connectivity index (χ3v) is 3.22. The van der Waals surface area contributed by atoms with Gasteiger partial charge < -0.3 is 10.1 Å². The molecule has 0 saturated carbocycles. The topological polar surface area (TPSA) is 64.4 Å². The van der Waals surface area contributed by atoms with Gasteiger partial charge in [0, 0.05) is 24.2 Å². The zero-order valence-electron chi connectivity index (χ0n) is 11.9. The predicted octanol–water partition coefficient (Wildman–Crippen LogP) is 2.94. The molecule has 0 heterocycles. The Bertz CT molecular complexity index is 600. The van der Waals surface area contributed by atoms with Gasteiger partial charge in [0.2, 0.25) is 0 Å². The minimum absolute atomic E-state index is 0.0793. The molecule has 0 saturated heterocycles. The van der Waals surface area contributed by atoms with Gasteiger partial charge in [-0.15, -0.1) is 0 Å². The van der Waals surface area contributed by atoms with E-state index in [-0.39, 0.29) is 5.69 Å². The van der Waals surface area contributed by atoms with Gasteiger partial charge >= 0.3 is 0 Å². The molecule has 5 nitrogen and oxygen atoms in total. The summed E-state index contributed by atoms with van der Waals surface area (Å²) in [5.74, 6) is 0.660. The van der Waals surface area contributed by atoms with Gasteiger partial charge in [-0.25, -0.2) is 0 Å². The Hall–Kier alpha value is -2.40. The van der Waals surface area contributed by atoms with Crippen LogP contribution in [0.2, 0.25) is 0 Å². The molecular formula is C16H18N2O3. The summed E-state index contributed by atoms with van der Waals surface area (Å²) in [7, 11) is 1.56. The summed E-state index contributed by atoms with van der Waals surface area (Å²) in [6, 6.07) is 14.8. The van der Waals surface area contributed by atoms with Crippen molar-refractivity contribution in [3.05, 3.63) is 69.8 Å². The average Bonchev–Trinajstić information content (AvgIpc) is 2.52. The van der Waals surface area contributed by atoms with Crippen molar-refractivity contribution in [1.82, 2.24) is 5.32 Å². The summed E-state index contributed by atoms with van der Waals surface area (Å²) in [6.07, 6.45) is 0.915. The molecule has 0 bridgehead atoms. The number of benzene rings is 2. The molecule has 21 heavy (non-hydrogen) atoms. The first-order valence-corrected chi connectivity index (χ1v) is 6.76. The number of nitro groups is 1. The van der Waals surface area contributed by atoms with E-state index in [1.54, 1.807) is 19.2 Å². The summed E-state index contributed by atoms with van der Waals surface area (Å²) in [5.41, 5.74) is 2.13. The van der Waals surface area contributed by atoms with E-state index in [1.807, 2.05) is 18.2 Å². The van der Waals surface area contributed by atoms with Crippen LogP contribution in [0.1, 0.15) is 11.1 Å². The van der Waals surface area contributed by atoms with E-state index in [0.29, 0.717) is 12.3 Å². The van der Waals surface area contributed by atoms with Crippen molar-refractivity contribution < 1.29 is 9.66 Å². The van der Waals surface area contributed by atoms with E-state index >= 15 is 0 Å². The molecule has 5 heteroatoms. The lowest BCUT2D eigenvalue weighted by Gasteiger charge is -2.09. The molecule has 0 unspecified atom stereocenters. The van der Waals surface area contributed by atoms with E-state index < -0.39 is 4.92 Å². The molecule has 0 aliphatic heterocycles. The zero-order chi connectivity index (χ0) is 15.1. The summed E-state index contributed by atoms with van der Waals surface area (Å²) < 4.78 is 5.23. The fraction of sp³-hybridized carbons (Fsp3) is 0.250. The van der Waals surface area contributed by atoms with Crippen molar-refractivity contribution in [1.29, 1.82) is 0 Å². The largest absolute Gasteiger partial charge is 0.496 e. The van der Waals surface area contributed by atoms with Gasteiger partial charge in [-0.1, -0.05) is 30.3 Å². The smallest absolute Gasteiger partial charge is 0.270 e. The highest BCUT2D eigenvalue weighted by molar-refractivity contribution is 5.43. The maximum atomic E-state index is 10.8. The molecule has 0 fully saturated rings. The molecule has 0 aliphatic carbocycles. The van der Waals surface area contributed by atoms with Crippen molar-refractivity contribution in [2.24, 2.45) is 0 Å². The fourth-order valence-corrected chi connectivity index (χ4v) is 2.12. The number of nitrogens with zero attached hydrogens (tertiary/aromatic N) is 1. The lowest BCUT2D eigenvalue weighted by Crippen LogP contribution is -2.17. The van der Waals surface area contributed by atoms with Crippen molar-refractivity contribution in [3.63, 3.8) is 0 Å². The van der Waals surface area contributed by atoms with Crippen LogP contribution >= 0.6 is 0 Å². The minimum Gasteiger partial charge on any atom is -0.496 e. The van der Waals surface area contributed by atoms with E-state index in [0.717, 1.165) is 18.5 Å². The summed E-state index contributed by atoms with van der Waals surface area (Å²) in [6.45, 7) is 1.34. The Labute approximate surface area is 123 Å². The molecular weight excluding hydrogens is 268 g/mol. The van der Waals surface area contributed by atoms with Gasteiger partial charge in [0.15, 0.2) is 0 Å². The minimum atomic E-state index is -0.396. The first-order valence-electron chi connectivity index (χ1n) is 6.76. The lowest BCUT2D eigenvalue weighted by molar-refractivity contribution is -0.384. The van der Waals surface area contributed by atoms with Crippen molar-refractivity contribution in [2.45, 2.75) is 13.0 Å². The highest BCUT2D eigenvalue weighted by Crippen LogP contribution is 2.23. The van der Waals surface area contributed by atoms with Gasteiger partial charge in [-0.2, -0.15) is 0 Å². The van der Waals surface area contributed by atoms with Crippen LogP contribution in [0.25, 0.3) is 0 Å². The Kier molecular flexibility index (Phi) is 5.29. The highest BCUT2D eigenvalue weighted by Gasteiger charge is 2.10. The van der Waals surface area contributed by atoms with E-state index in [9.17, 15) is 10.1 Å². The summed E-state index contributed by atoms with van der Waals surface area (Å²) in [4.78, 5) is 10.4. The number of methoxy groups -OCH3 is 1. The van der Waals surface area contributed by atoms with Gasteiger partial charge in [0.1, 0.15) is 5.75 Å². The second-order valence-corrected chi connectivity index (χ2v) is 4.67. The van der Waals surface area contributed by atoms with Crippen molar-refractivity contribution in [3.8, 4) is 5.75 Å². The third-order valence-electron chi connectivity index (χ3n) is 3.22. The predicted molar refractivity (Wildman–Crippen MR) is 81.5 cm³/mol. The Morgan fingerprint density at radius 1 is 1.19 bits per heavy atom. The molecule has 0 radical (unpaired) electrons. The molecule has 2 rings (SSSR count). The Morgan fingerprint density at radius 3 is 2.62 bits per heavy atom. The third kappa shape index (κ3) is 4.29. The number of non-ortho nitro benzene ring substituents is 1. The van der Waals surface area contributed by atoms with Gasteiger partial charge in [-0.3, -0.25) is 10.1 Å². The molecule has 0 aliphatic rings. The first-order chi connectivity index (χ1) is 10.2. The first kappa shape index (κ1) is 15.0. The van der Waals surface area contributed by atoms with E-state index in [1.165, 1.54) is 11.6 Å². The number of nitro benzene ring substituents is 1. The van der Waals surface area contributed by atoms with Crippen LogP contribution in [0.3, 0.4) is 0 Å². The number of ether oxygens (including phenoxy) is 1. The molecule has 110 valence electrons. The Morgan fingerprint density at radius 2 is 1.95 bits per heavy atom. The molecule has 1 N–H and O–H groups in total. The van der Waals surface area contributed by atoms with Crippen LogP contribution in [0.5, 0.6) is 5.75 Å². The summed E-state index contributed by atoms with van der Waals surface area (Å²) in [5, 5.41) is 14.1. The van der Waals surface area contributed by atoms with Crippen LogP contribution < -0.4 is 10.1 Å². The fourth-order valence-electron chi connectivity index (χ4n) is 2.12. The Balaban J connectivity index is 1.92. The van der Waals surface area contributed by atoms with Crippen molar-refractivity contribution >= 4 is 5.69 Å². The number of rotatable bonds is 7. The van der Waals surface area contributed by atoms with Gasteiger partial charge in [0.05, 0.1) is 12.0 Å². The van der Waals surface area contributed by atoms with Gasteiger partial charge in [0.25, 0.3) is 5.69 Å². The van der Waals surface area contributed by atoms with E-state index in [4.69, 9.17) is 4.74 Å². The molecule has 0 spiro atoms. The second-order valence-electron chi connectivity index (χ2n) is 4.67. The molecule has 0 atom stereocenters. The number of hydrogen-bond acceptors (Lipinski definition) is 4. The lowest BCUT2D eigenvalue weighted by atomic mass is 10.1. The van der Waals surface area contributed by atoms with Crippen LogP contribution in [0.4, 0.5) is 5.69 Å². The normalized spacial score (nSPS) is 10.3. The zero-order valence-corrected chi connectivity index (χ0v) is 11.9. The van der Waals surface area contributed by atoms with Crippen LogP contribution in [-0.2, 0) is 13.0 Å². The number of hydrogen-bond donors (Lipinski definition) is 1. The maximum Gasteiger partial charge on any atom is 0.270 e. The van der Waals surface area contributed by atoms with Gasteiger partial charge in [-0.05, 0) is 24.6 Å². The van der Waals surface area contributed by atoms with Crippen LogP contribution in [0, 0.1) is 10.1 Å². The molecule has 2 aromatic carbocycles.